The highest BCUT2D eigenvalue weighted by molar-refractivity contribution is 5.92. The Hall–Kier alpha value is -1.81. The number of hydrogen-bond acceptors (Lipinski definition) is 4. The molecule has 1 aromatic rings. The van der Waals surface area contributed by atoms with Crippen LogP contribution in [0.2, 0.25) is 0 Å². The molecule has 3 rings (SSSR count). The minimum absolute atomic E-state index is 0.241. The van der Waals surface area contributed by atoms with Crippen molar-refractivity contribution in [3.63, 3.8) is 0 Å². The van der Waals surface area contributed by atoms with Crippen molar-refractivity contribution in [3.8, 4) is 5.75 Å². The quantitative estimate of drug-likeness (QED) is 0.749. The van der Waals surface area contributed by atoms with Crippen LogP contribution in [0.25, 0.3) is 0 Å². The average Bonchev–Trinajstić information content (AvgIpc) is 2.84. The Balaban J connectivity index is 1.92. The molecule has 2 heterocycles. The smallest absolute Gasteiger partial charge is 0.337 e. The minimum atomic E-state index is -0.293. The van der Waals surface area contributed by atoms with Crippen molar-refractivity contribution in [1.82, 2.24) is 0 Å². The molecule has 0 N–H and O–H groups in total. The summed E-state index contributed by atoms with van der Waals surface area (Å²) in [6, 6.07) is 7.57. The van der Waals surface area contributed by atoms with Gasteiger partial charge in [0.1, 0.15) is 11.9 Å². The standard InChI is InChI=1S/C14H14O4/c1-16-11-4-2-9(3-5-11)13-12-10(8-18-13)6-7-17-14(12)15/h2-5,13H,6-8H2,1H3/t13-/m0/s1. The van der Waals surface area contributed by atoms with E-state index in [4.69, 9.17) is 14.2 Å². The topological polar surface area (TPSA) is 44.8 Å². The molecular weight excluding hydrogens is 232 g/mol. The van der Waals surface area contributed by atoms with Gasteiger partial charge in [-0.15, -0.1) is 0 Å². The number of cyclic esters (lactones) is 1. The number of ether oxygens (including phenoxy) is 3. The van der Waals surface area contributed by atoms with Gasteiger partial charge >= 0.3 is 5.97 Å². The van der Waals surface area contributed by atoms with Crippen molar-refractivity contribution in [2.24, 2.45) is 0 Å². The van der Waals surface area contributed by atoms with E-state index in [-0.39, 0.29) is 12.1 Å². The number of carbonyl (C=O) groups is 1. The Kier molecular flexibility index (Phi) is 2.80. The van der Waals surface area contributed by atoms with Crippen molar-refractivity contribution < 1.29 is 19.0 Å². The van der Waals surface area contributed by atoms with Crippen LogP contribution < -0.4 is 4.74 Å². The predicted octanol–water partition coefficient (Wildman–Crippen LogP) is 2.01. The van der Waals surface area contributed by atoms with Crippen LogP contribution in [0.4, 0.5) is 0 Å². The predicted molar refractivity (Wildman–Crippen MR) is 64.3 cm³/mol. The molecule has 18 heavy (non-hydrogen) atoms. The molecule has 0 radical (unpaired) electrons. The number of carbonyl (C=O) groups excluding carboxylic acids is 1. The van der Waals surface area contributed by atoms with Crippen molar-refractivity contribution >= 4 is 5.97 Å². The van der Waals surface area contributed by atoms with Crippen molar-refractivity contribution in [1.29, 1.82) is 0 Å². The van der Waals surface area contributed by atoms with Crippen LogP contribution in [0.5, 0.6) is 5.75 Å². The Bertz CT molecular complexity index is 501. The normalized spacial score (nSPS) is 22.7. The number of methoxy groups -OCH3 is 1. The van der Waals surface area contributed by atoms with Gasteiger partial charge in [0.05, 0.1) is 25.9 Å². The van der Waals surface area contributed by atoms with E-state index < -0.39 is 0 Å². The highest BCUT2D eigenvalue weighted by Gasteiger charge is 2.35. The van der Waals surface area contributed by atoms with Gasteiger partial charge < -0.3 is 14.2 Å². The first-order valence-corrected chi connectivity index (χ1v) is 5.94. The highest BCUT2D eigenvalue weighted by atomic mass is 16.5. The molecule has 4 heteroatoms. The fourth-order valence-electron chi connectivity index (χ4n) is 2.37. The molecule has 1 atom stereocenters. The summed E-state index contributed by atoms with van der Waals surface area (Å²) in [6.45, 7) is 0.998. The van der Waals surface area contributed by atoms with Crippen LogP contribution in [-0.4, -0.2) is 26.3 Å². The van der Waals surface area contributed by atoms with Gasteiger partial charge in [-0.05, 0) is 23.3 Å². The summed E-state index contributed by atoms with van der Waals surface area (Å²) in [5, 5.41) is 0. The zero-order chi connectivity index (χ0) is 12.5. The van der Waals surface area contributed by atoms with Gasteiger partial charge in [-0.25, -0.2) is 4.79 Å². The van der Waals surface area contributed by atoms with Crippen LogP contribution in [-0.2, 0) is 14.3 Å². The van der Waals surface area contributed by atoms with Crippen LogP contribution in [0.15, 0.2) is 35.4 Å². The Labute approximate surface area is 105 Å². The highest BCUT2D eigenvalue weighted by Crippen LogP contribution is 2.38. The van der Waals surface area contributed by atoms with Gasteiger partial charge in [0, 0.05) is 6.42 Å². The zero-order valence-corrected chi connectivity index (χ0v) is 10.1. The van der Waals surface area contributed by atoms with E-state index in [1.54, 1.807) is 7.11 Å². The van der Waals surface area contributed by atoms with Crippen LogP contribution in [0.3, 0.4) is 0 Å². The number of rotatable bonds is 2. The lowest BCUT2D eigenvalue weighted by Gasteiger charge is -2.17. The van der Waals surface area contributed by atoms with Crippen molar-refractivity contribution in [2.75, 3.05) is 20.3 Å². The van der Waals surface area contributed by atoms with E-state index in [2.05, 4.69) is 0 Å². The SMILES string of the molecule is COc1ccc([C@@H]2OCC3=C2C(=O)OCC3)cc1. The van der Waals surface area contributed by atoms with Gasteiger partial charge in [-0.3, -0.25) is 0 Å². The van der Waals surface area contributed by atoms with Gasteiger partial charge in [0.25, 0.3) is 0 Å². The summed E-state index contributed by atoms with van der Waals surface area (Å²) < 4.78 is 15.9. The Morgan fingerprint density at radius 3 is 2.78 bits per heavy atom. The van der Waals surface area contributed by atoms with Gasteiger partial charge in [-0.2, -0.15) is 0 Å². The van der Waals surface area contributed by atoms with Crippen LogP contribution in [0, 0.1) is 0 Å². The Morgan fingerprint density at radius 2 is 2.06 bits per heavy atom. The molecular formula is C14H14O4. The number of esters is 1. The van der Waals surface area contributed by atoms with E-state index in [0.29, 0.717) is 18.8 Å². The van der Waals surface area contributed by atoms with E-state index in [1.807, 2.05) is 24.3 Å². The lowest BCUT2D eigenvalue weighted by atomic mass is 9.97. The Morgan fingerprint density at radius 1 is 1.28 bits per heavy atom. The molecule has 2 aliphatic heterocycles. The second kappa shape index (κ2) is 4.46. The molecule has 0 aliphatic carbocycles. The molecule has 0 saturated heterocycles. The summed E-state index contributed by atoms with van der Waals surface area (Å²) in [5.41, 5.74) is 2.72. The maximum absolute atomic E-state index is 11.8. The molecule has 1 aromatic carbocycles. The molecule has 4 nitrogen and oxygen atoms in total. The second-order valence-corrected chi connectivity index (χ2v) is 4.37. The maximum Gasteiger partial charge on any atom is 0.337 e. The summed E-state index contributed by atoms with van der Waals surface area (Å²) >= 11 is 0. The summed E-state index contributed by atoms with van der Waals surface area (Å²) in [5.74, 6) is 0.548. The summed E-state index contributed by atoms with van der Waals surface area (Å²) in [4.78, 5) is 11.8. The first-order chi connectivity index (χ1) is 8.79. The van der Waals surface area contributed by atoms with E-state index >= 15 is 0 Å². The first-order valence-electron chi connectivity index (χ1n) is 5.94. The maximum atomic E-state index is 11.8. The lowest BCUT2D eigenvalue weighted by Crippen LogP contribution is -2.18. The molecule has 0 bridgehead atoms. The molecule has 0 aromatic heterocycles. The fourth-order valence-corrected chi connectivity index (χ4v) is 2.37. The van der Waals surface area contributed by atoms with E-state index in [9.17, 15) is 4.79 Å². The summed E-state index contributed by atoms with van der Waals surface area (Å²) in [7, 11) is 1.63. The zero-order valence-electron chi connectivity index (χ0n) is 10.1. The molecule has 0 spiro atoms. The average molecular weight is 246 g/mol. The molecule has 0 unspecified atom stereocenters. The fraction of sp³-hybridized carbons (Fsp3) is 0.357. The van der Waals surface area contributed by atoms with Crippen molar-refractivity contribution in [2.45, 2.75) is 12.5 Å². The molecule has 2 aliphatic rings. The van der Waals surface area contributed by atoms with E-state index in [1.165, 1.54) is 0 Å². The minimum Gasteiger partial charge on any atom is -0.497 e. The molecule has 0 amide bonds. The summed E-state index contributed by atoms with van der Waals surface area (Å²) in [6.07, 6.45) is 0.493. The number of hydrogen-bond donors (Lipinski definition) is 0. The van der Waals surface area contributed by atoms with Crippen molar-refractivity contribution in [3.05, 3.63) is 41.0 Å². The molecule has 94 valence electrons. The monoisotopic (exact) mass is 246 g/mol. The third kappa shape index (κ3) is 1.78. The third-order valence-corrected chi connectivity index (χ3v) is 3.34. The van der Waals surface area contributed by atoms with Gasteiger partial charge in [-0.1, -0.05) is 12.1 Å². The first kappa shape index (κ1) is 11.3. The third-order valence-electron chi connectivity index (χ3n) is 3.34. The second-order valence-electron chi connectivity index (χ2n) is 4.37. The molecule has 0 saturated carbocycles. The molecule has 0 fully saturated rings. The van der Waals surface area contributed by atoms with Crippen LogP contribution in [0.1, 0.15) is 18.1 Å². The number of benzene rings is 1. The van der Waals surface area contributed by atoms with E-state index in [0.717, 1.165) is 23.3 Å². The lowest BCUT2D eigenvalue weighted by molar-refractivity contribution is -0.140. The van der Waals surface area contributed by atoms with Gasteiger partial charge in [0.2, 0.25) is 0 Å². The largest absolute Gasteiger partial charge is 0.497 e. The van der Waals surface area contributed by atoms with Crippen LogP contribution >= 0.6 is 0 Å². The van der Waals surface area contributed by atoms with Gasteiger partial charge in [0.15, 0.2) is 0 Å².